The van der Waals surface area contributed by atoms with E-state index in [1.54, 1.807) is 6.08 Å². The van der Waals surface area contributed by atoms with E-state index in [9.17, 15) is 15.2 Å². The van der Waals surface area contributed by atoms with Gasteiger partial charge >= 0.3 is 5.78 Å². The summed E-state index contributed by atoms with van der Waals surface area (Å²) < 4.78 is 0. The summed E-state index contributed by atoms with van der Waals surface area (Å²) >= 11 is 0. The molecule has 269 valence electrons. The van der Waals surface area contributed by atoms with E-state index in [1.165, 1.54) is 21.7 Å². The molecule has 0 aliphatic heterocycles. The van der Waals surface area contributed by atoms with Gasteiger partial charge in [0, 0.05) is 37.1 Å². The van der Waals surface area contributed by atoms with Gasteiger partial charge in [0.2, 0.25) is 0 Å². The Morgan fingerprint density at radius 2 is 1.44 bits per heavy atom. The normalized spacial score (nSPS) is 11.9. The molecule has 0 saturated carbocycles. The van der Waals surface area contributed by atoms with Crippen molar-refractivity contribution in [3.63, 3.8) is 0 Å². The monoisotopic (exact) mass is 867 g/mol. The van der Waals surface area contributed by atoms with E-state index in [-0.39, 0.29) is 30.9 Å². The number of aryl methyl sites for hydroxylation is 2. The molecule has 0 spiro atoms. The summed E-state index contributed by atoms with van der Waals surface area (Å²) in [5.41, 5.74) is 6.86. The van der Waals surface area contributed by atoms with Crippen molar-refractivity contribution in [1.29, 1.82) is 5.26 Å². The molecule has 0 bridgehead atoms. The van der Waals surface area contributed by atoms with E-state index in [0.717, 1.165) is 69.8 Å². The van der Waals surface area contributed by atoms with Gasteiger partial charge in [0.15, 0.2) is 0 Å². The number of nitrogens with zero attached hydrogens (tertiary/aromatic N) is 2. The van der Waals surface area contributed by atoms with Gasteiger partial charge in [-0.1, -0.05) is 103 Å². The number of allylic oxidation sites excluding steroid dienone is 2. The van der Waals surface area contributed by atoms with Crippen molar-refractivity contribution in [3.8, 4) is 28.5 Å². The number of aromatic nitrogens is 1. The molecule has 6 aromatic rings. The van der Waals surface area contributed by atoms with Gasteiger partial charge < -0.3 is 10.1 Å². The molecule has 0 saturated heterocycles. The largest absolute Gasteiger partial charge is 0.511 e. The molecule has 1 radical (unpaired) electrons. The van der Waals surface area contributed by atoms with Crippen LogP contribution in [0, 0.1) is 42.1 Å². The zero-order valence-corrected chi connectivity index (χ0v) is 34.1. The van der Waals surface area contributed by atoms with E-state index >= 15 is 0 Å². The van der Waals surface area contributed by atoms with Crippen LogP contribution in [0.5, 0.6) is 0 Å². The molecule has 0 atom stereocenters. The average Bonchev–Trinajstić information content (AvgIpc) is 3.15. The van der Waals surface area contributed by atoms with E-state index in [1.807, 2.05) is 44.3 Å². The molecule has 0 aliphatic carbocycles. The number of aliphatic hydroxyl groups excluding tert-OH is 1. The molecule has 0 unspecified atom stereocenters. The molecule has 0 aliphatic rings. The van der Waals surface area contributed by atoms with Gasteiger partial charge in [0.25, 0.3) is 0 Å². The zero-order chi connectivity index (χ0) is 36.9. The van der Waals surface area contributed by atoms with Crippen LogP contribution in [-0.2, 0) is 20.1 Å². The number of ketones is 1. The van der Waals surface area contributed by atoms with Gasteiger partial charge in [0.1, 0.15) is 5.76 Å². The quantitative estimate of drug-likeness (QED) is 0.0517. The third-order valence-corrected chi connectivity index (χ3v) is 11.2. The number of fused-ring (bicyclic) bond motifs is 4. The number of rotatable bonds is 9. The summed E-state index contributed by atoms with van der Waals surface area (Å²) in [7, 11) is 0. The predicted octanol–water partition coefficient (Wildman–Crippen LogP) is 12.8. The van der Waals surface area contributed by atoms with Crippen LogP contribution in [0.2, 0.25) is 0 Å². The summed E-state index contributed by atoms with van der Waals surface area (Å²) in [5.74, 6) is 0.598. The Morgan fingerprint density at radius 1 is 0.788 bits per heavy atom. The summed E-state index contributed by atoms with van der Waals surface area (Å²) in [6.07, 6.45) is 6.94. The van der Waals surface area contributed by atoms with Crippen molar-refractivity contribution < 1.29 is 30.0 Å². The van der Waals surface area contributed by atoms with Crippen molar-refractivity contribution >= 4 is 38.1 Å². The maximum absolute atomic E-state index is 10.2. The summed E-state index contributed by atoms with van der Waals surface area (Å²) in [6, 6.07) is 35.3. The number of nitriles is 1. The van der Waals surface area contributed by atoms with Crippen molar-refractivity contribution in [2.45, 2.75) is 81.1 Å². The van der Waals surface area contributed by atoms with Gasteiger partial charge in [-0.05, 0) is 94.6 Å². The minimum Gasteiger partial charge on any atom is -0.511 e. The summed E-state index contributed by atoms with van der Waals surface area (Å²) in [4.78, 5) is 14.9. The summed E-state index contributed by atoms with van der Waals surface area (Å²) in [6.45, 7) is 16.5. The fourth-order valence-electron chi connectivity index (χ4n) is 6.75. The smallest absolute Gasteiger partial charge is 0.325 e. The van der Waals surface area contributed by atoms with Crippen LogP contribution in [0.1, 0.15) is 83.9 Å². The molecule has 5 heteroatoms. The standard InChI is InChI=1S/C32H21N2.C15H28O2.Ir/c1-20-15-21(2)17-25(16-20)32-31-12-8-23-18-22(7-10-28(23)30(31)13-14-34-32)27-11-9-24(19-33)26-5-3-4-6-29(26)27;1-7-14(5,8-2)12(16)11-13(17)15(6,9-3)10-4;/h3-16,18H,1-2H3;11,16H,7-10H2,1-6H3;/q-1;;/p+1/b;12-11-;. The second-order valence-corrected chi connectivity index (χ2v) is 14.3. The number of hydrogen-bond acceptors (Lipinski definition) is 3. The number of hydrogen-bond donors (Lipinski definition) is 1. The first-order chi connectivity index (χ1) is 24.4. The molecule has 4 nitrogen and oxygen atoms in total. The van der Waals surface area contributed by atoms with Gasteiger partial charge in [0.05, 0.1) is 23.1 Å². The first-order valence-electron chi connectivity index (χ1n) is 18.1. The average molecular weight is 867 g/mol. The molecule has 52 heavy (non-hydrogen) atoms. The molecule has 2 N–H and O–H groups in total. The fourth-order valence-corrected chi connectivity index (χ4v) is 6.75. The van der Waals surface area contributed by atoms with Crippen LogP contribution < -0.4 is 0 Å². The Kier molecular flexibility index (Phi) is 13.0. The van der Waals surface area contributed by atoms with Crippen LogP contribution in [0.15, 0.2) is 103 Å². The second kappa shape index (κ2) is 16.8. The van der Waals surface area contributed by atoms with E-state index in [4.69, 9.17) is 4.98 Å². The minimum absolute atomic E-state index is 0. The number of benzene rings is 5. The predicted molar refractivity (Wildman–Crippen MR) is 216 cm³/mol. The first-order valence-corrected chi connectivity index (χ1v) is 18.1. The molecule has 6 rings (SSSR count). The molecule has 0 amide bonds. The minimum atomic E-state index is -0.226. The second-order valence-electron chi connectivity index (χ2n) is 14.3. The SMILES string of the molecule is CCC(C)(CC)C(=[OH+])/C=C(\O)C(C)(CC)CC.Cc1[c-]c(-c2nccc3c2ccc2cc(-c4ccc(C#N)c5ccccc45)ccc23)cc(C)c1.[Ir]. The van der Waals surface area contributed by atoms with Crippen LogP contribution in [0.4, 0.5) is 0 Å². The van der Waals surface area contributed by atoms with Crippen LogP contribution in [0.25, 0.3) is 54.7 Å². The Morgan fingerprint density at radius 3 is 2.08 bits per heavy atom. The van der Waals surface area contributed by atoms with E-state index < -0.39 is 0 Å². The van der Waals surface area contributed by atoms with Crippen LogP contribution >= 0.6 is 0 Å². The third-order valence-electron chi connectivity index (χ3n) is 11.2. The molecule has 1 aromatic heterocycles. The molecule has 1 heterocycles. The number of pyridine rings is 1. The molecule has 5 aromatic carbocycles. The van der Waals surface area contributed by atoms with Crippen molar-refractivity contribution in [1.82, 2.24) is 4.98 Å². The van der Waals surface area contributed by atoms with Crippen molar-refractivity contribution in [3.05, 3.63) is 126 Å². The maximum Gasteiger partial charge on any atom is 0.325 e. The van der Waals surface area contributed by atoms with E-state index in [2.05, 4.69) is 114 Å². The zero-order valence-electron chi connectivity index (χ0n) is 31.7. The number of aliphatic hydroxyl groups is 1. The van der Waals surface area contributed by atoms with Crippen LogP contribution in [-0.4, -0.2) is 20.7 Å². The fraction of sp³-hybridized carbons (Fsp3) is 0.298. The van der Waals surface area contributed by atoms with Gasteiger partial charge in [-0.2, -0.15) is 5.26 Å². The molecule has 0 fully saturated rings. The Bertz CT molecular complexity index is 2290. The Balaban J connectivity index is 0.000000289. The number of carbonyl (C=O) groups excluding carboxylic acids is 1. The first kappa shape index (κ1) is 40.2. The summed E-state index contributed by atoms with van der Waals surface area (Å²) in [5, 5.41) is 26.5. The topological polar surface area (TPSA) is 78.3 Å². The van der Waals surface area contributed by atoms with Gasteiger partial charge in [-0.25, -0.2) is 0 Å². The van der Waals surface area contributed by atoms with Crippen molar-refractivity contribution in [2.75, 3.05) is 0 Å². The Labute approximate surface area is 323 Å². The van der Waals surface area contributed by atoms with Crippen LogP contribution in [0.3, 0.4) is 0 Å². The molecular formula is C47H50IrN2O2. The molecular weight excluding hydrogens is 817 g/mol. The van der Waals surface area contributed by atoms with Gasteiger partial charge in [-0.3, -0.25) is 4.79 Å². The van der Waals surface area contributed by atoms with Crippen molar-refractivity contribution in [2.24, 2.45) is 10.8 Å². The third kappa shape index (κ3) is 8.05. The maximum atomic E-state index is 10.2. The Hall–Kier alpha value is -4.62. The van der Waals surface area contributed by atoms with Gasteiger partial charge in [-0.15, -0.1) is 34.9 Å². The van der Waals surface area contributed by atoms with E-state index in [0.29, 0.717) is 17.1 Å².